The fourth-order valence-electron chi connectivity index (χ4n) is 3.51. The molecule has 1 aromatic heterocycles. The normalized spacial score (nSPS) is 30.5. The first kappa shape index (κ1) is 13.5. The predicted molar refractivity (Wildman–Crippen MR) is 78.5 cm³/mol. The van der Waals surface area contributed by atoms with Crippen molar-refractivity contribution in [3.8, 4) is 0 Å². The molecule has 2 N–H and O–H groups in total. The second-order valence-corrected chi connectivity index (χ2v) is 6.98. The molecule has 0 saturated heterocycles. The number of nitrogens with one attached hydrogen (secondary N) is 1. The van der Waals surface area contributed by atoms with E-state index in [-0.39, 0.29) is 0 Å². The number of rotatable bonds is 4. The van der Waals surface area contributed by atoms with Crippen molar-refractivity contribution in [1.29, 1.82) is 0 Å². The van der Waals surface area contributed by atoms with Gasteiger partial charge in [-0.05, 0) is 44.4 Å². The molecule has 4 heteroatoms. The second kappa shape index (κ2) is 5.90. The number of aliphatic hydroxyl groups is 1. The Bertz CT molecular complexity index is 432. The molecule has 0 amide bonds. The average Bonchev–Trinajstić information content (AvgIpc) is 3.04. The summed E-state index contributed by atoms with van der Waals surface area (Å²) in [5, 5.41) is 14.6. The number of aliphatic hydroxyl groups excluding tert-OH is 1. The van der Waals surface area contributed by atoms with Crippen molar-refractivity contribution in [2.75, 3.05) is 6.61 Å². The molecule has 0 radical (unpaired) electrons. The summed E-state index contributed by atoms with van der Waals surface area (Å²) in [5.74, 6) is 0.462. The van der Waals surface area contributed by atoms with Crippen LogP contribution < -0.4 is 5.32 Å². The van der Waals surface area contributed by atoms with Gasteiger partial charge in [0.15, 0.2) is 0 Å². The second-order valence-electron chi connectivity index (χ2n) is 5.86. The lowest BCUT2D eigenvalue weighted by Crippen LogP contribution is -2.37. The molecule has 2 aliphatic rings. The summed E-state index contributed by atoms with van der Waals surface area (Å²) in [6, 6.07) is 0.992. The molecule has 19 heavy (non-hydrogen) atoms. The van der Waals surface area contributed by atoms with Crippen molar-refractivity contribution in [2.24, 2.45) is 5.92 Å². The zero-order valence-corrected chi connectivity index (χ0v) is 12.5. The molecule has 3 rings (SSSR count). The first-order valence-corrected chi connectivity index (χ1v) is 8.48. The highest BCUT2D eigenvalue weighted by molar-refractivity contribution is 7.11. The van der Waals surface area contributed by atoms with Crippen LogP contribution in [-0.4, -0.2) is 22.7 Å². The van der Waals surface area contributed by atoms with Gasteiger partial charge in [0.2, 0.25) is 0 Å². The van der Waals surface area contributed by atoms with Crippen LogP contribution in [0.1, 0.15) is 60.6 Å². The van der Waals surface area contributed by atoms with E-state index in [1.165, 1.54) is 47.7 Å². The minimum Gasteiger partial charge on any atom is -0.396 e. The SMILES string of the molecule is CCc1nc2c(s1)C(NC1CCCC1CO)CCC2. The van der Waals surface area contributed by atoms with Crippen LogP contribution >= 0.6 is 11.3 Å². The molecule has 3 nitrogen and oxygen atoms in total. The third-order valence-corrected chi connectivity index (χ3v) is 5.96. The van der Waals surface area contributed by atoms with Gasteiger partial charge >= 0.3 is 0 Å². The molecule has 0 bridgehead atoms. The summed E-state index contributed by atoms with van der Waals surface area (Å²) in [7, 11) is 0. The van der Waals surface area contributed by atoms with Gasteiger partial charge < -0.3 is 10.4 Å². The lowest BCUT2D eigenvalue weighted by Gasteiger charge is -2.28. The van der Waals surface area contributed by atoms with Crippen LogP contribution in [0.2, 0.25) is 0 Å². The minimum absolute atomic E-state index is 0.333. The largest absolute Gasteiger partial charge is 0.396 e. The summed E-state index contributed by atoms with van der Waals surface area (Å²) in [6.45, 7) is 2.52. The molecule has 0 spiro atoms. The Morgan fingerprint density at radius 3 is 3.00 bits per heavy atom. The molecule has 1 saturated carbocycles. The zero-order valence-electron chi connectivity index (χ0n) is 11.7. The van der Waals surface area contributed by atoms with Crippen LogP contribution in [0.4, 0.5) is 0 Å². The highest BCUT2D eigenvalue weighted by Gasteiger charge is 2.31. The molecule has 2 aliphatic carbocycles. The maximum Gasteiger partial charge on any atom is 0.0928 e. The minimum atomic E-state index is 0.333. The van der Waals surface area contributed by atoms with E-state index in [0.717, 1.165) is 12.8 Å². The lowest BCUT2D eigenvalue weighted by molar-refractivity contribution is 0.197. The van der Waals surface area contributed by atoms with Gasteiger partial charge in [0.1, 0.15) is 0 Å². The van der Waals surface area contributed by atoms with E-state index in [2.05, 4.69) is 12.2 Å². The van der Waals surface area contributed by atoms with Crippen molar-refractivity contribution in [1.82, 2.24) is 10.3 Å². The van der Waals surface area contributed by atoms with Crippen LogP contribution in [0.5, 0.6) is 0 Å². The Morgan fingerprint density at radius 2 is 2.21 bits per heavy atom. The number of fused-ring (bicyclic) bond motifs is 1. The van der Waals surface area contributed by atoms with Gasteiger partial charge in [-0.1, -0.05) is 13.3 Å². The smallest absolute Gasteiger partial charge is 0.0928 e. The third-order valence-electron chi connectivity index (χ3n) is 4.61. The van der Waals surface area contributed by atoms with Crippen LogP contribution in [-0.2, 0) is 12.8 Å². The Hall–Kier alpha value is -0.450. The molecule has 0 aromatic carbocycles. The van der Waals surface area contributed by atoms with Gasteiger partial charge in [-0.3, -0.25) is 0 Å². The van der Waals surface area contributed by atoms with E-state index in [9.17, 15) is 5.11 Å². The Kier molecular flexibility index (Phi) is 4.20. The molecule has 0 aliphatic heterocycles. The topological polar surface area (TPSA) is 45.2 Å². The molecule has 3 atom stereocenters. The number of aryl methyl sites for hydroxylation is 2. The van der Waals surface area contributed by atoms with E-state index < -0.39 is 0 Å². The summed E-state index contributed by atoms with van der Waals surface area (Å²) in [6.07, 6.45) is 8.32. The standard InChI is InChI=1S/C15H24N2OS/c1-2-14-17-13-8-4-7-12(15(13)19-14)16-11-6-3-5-10(11)9-18/h10-12,16,18H,2-9H2,1H3. The predicted octanol–water partition coefficient (Wildman–Crippen LogP) is 2.83. The first-order chi connectivity index (χ1) is 9.31. The Morgan fingerprint density at radius 1 is 1.32 bits per heavy atom. The summed E-state index contributed by atoms with van der Waals surface area (Å²) in [4.78, 5) is 6.24. The van der Waals surface area contributed by atoms with Crippen molar-refractivity contribution in [3.63, 3.8) is 0 Å². The van der Waals surface area contributed by atoms with Crippen molar-refractivity contribution in [2.45, 2.75) is 64.0 Å². The monoisotopic (exact) mass is 280 g/mol. The van der Waals surface area contributed by atoms with E-state index in [1.807, 2.05) is 11.3 Å². The quantitative estimate of drug-likeness (QED) is 0.891. The lowest BCUT2D eigenvalue weighted by atomic mass is 9.95. The molecular formula is C15H24N2OS. The number of aromatic nitrogens is 1. The molecule has 1 aromatic rings. The van der Waals surface area contributed by atoms with Gasteiger partial charge in [0.05, 0.1) is 10.7 Å². The average molecular weight is 280 g/mol. The Balaban J connectivity index is 1.74. The van der Waals surface area contributed by atoms with E-state index >= 15 is 0 Å². The highest BCUT2D eigenvalue weighted by Crippen LogP contribution is 2.36. The summed E-state index contributed by atoms with van der Waals surface area (Å²) < 4.78 is 0. The molecule has 3 unspecified atom stereocenters. The van der Waals surface area contributed by atoms with Crippen molar-refractivity contribution in [3.05, 3.63) is 15.6 Å². The van der Waals surface area contributed by atoms with E-state index in [4.69, 9.17) is 4.98 Å². The number of hydrogen-bond donors (Lipinski definition) is 2. The maximum atomic E-state index is 9.45. The third kappa shape index (κ3) is 2.71. The number of nitrogens with zero attached hydrogens (tertiary/aromatic N) is 1. The van der Waals surface area contributed by atoms with Crippen molar-refractivity contribution >= 4 is 11.3 Å². The molecule has 1 heterocycles. The number of hydrogen-bond acceptors (Lipinski definition) is 4. The van der Waals surface area contributed by atoms with Gasteiger partial charge in [-0.15, -0.1) is 11.3 Å². The molecule has 1 fully saturated rings. The Labute approximate surface area is 119 Å². The highest BCUT2D eigenvalue weighted by atomic mass is 32.1. The fourth-order valence-corrected chi connectivity index (χ4v) is 4.66. The maximum absolute atomic E-state index is 9.45. The van der Waals surface area contributed by atoms with Crippen LogP contribution in [0.25, 0.3) is 0 Å². The fraction of sp³-hybridized carbons (Fsp3) is 0.800. The van der Waals surface area contributed by atoms with Crippen LogP contribution in [0.15, 0.2) is 0 Å². The van der Waals surface area contributed by atoms with E-state index in [0.29, 0.717) is 24.6 Å². The zero-order chi connectivity index (χ0) is 13.2. The van der Waals surface area contributed by atoms with Gasteiger partial charge in [-0.2, -0.15) is 0 Å². The summed E-state index contributed by atoms with van der Waals surface area (Å²) in [5.41, 5.74) is 1.34. The van der Waals surface area contributed by atoms with Gasteiger partial charge in [0, 0.05) is 23.6 Å². The van der Waals surface area contributed by atoms with Gasteiger partial charge in [-0.25, -0.2) is 4.98 Å². The number of thiazole rings is 1. The van der Waals surface area contributed by atoms with Crippen LogP contribution in [0.3, 0.4) is 0 Å². The van der Waals surface area contributed by atoms with Crippen LogP contribution in [0, 0.1) is 5.92 Å². The first-order valence-electron chi connectivity index (χ1n) is 7.67. The summed E-state index contributed by atoms with van der Waals surface area (Å²) >= 11 is 1.90. The van der Waals surface area contributed by atoms with Gasteiger partial charge in [0.25, 0.3) is 0 Å². The molecule has 106 valence electrons. The van der Waals surface area contributed by atoms with Crippen molar-refractivity contribution < 1.29 is 5.11 Å². The molecular weight excluding hydrogens is 256 g/mol. The van der Waals surface area contributed by atoms with E-state index in [1.54, 1.807) is 0 Å².